The lowest BCUT2D eigenvalue weighted by molar-refractivity contribution is -0.137. The lowest BCUT2D eigenvalue weighted by Crippen LogP contribution is -2.59. The van der Waals surface area contributed by atoms with E-state index in [4.69, 9.17) is 15.6 Å². The van der Waals surface area contributed by atoms with Crippen molar-refractivity contribution in [2.24, 2.45) is 11.7 Å². The molecule has 3 unspecified atom stereocenters. The summed E-state index contributed by atoms with van der Waals surface area (Å²) < 4.78 is 10.2. The van der Waals surface area contributed by atoms with Crippen molar-refractivity contribution in [3.8, 4) is 0 Å². The minimum absolute atomic E-state index is 0.0000487. The average Bonchev–Trinajstić information content (AvgIpc) is 3.32. The summed E-state index contributed by atoms with van der Waals surface area (Å²) in [6.45, 7) is 6.74. The first-order valence-corrected chi connectivity index (χ1v) is 15.1. The van der Waals surface area contributed by atoms with Crippen LogP contribution in [0.1, 0.15) is 52.5 Å². The highest BCUT2D eigenvalue weighted by molar-refractivity contribution is 6.13. The second-order valence-corrected chi connectivity index (χ2v) is 11.6. The molecular formula is C31H44N6O10. The Hall–Kier alpha value is -4.83. The number of nitrogens with two attached hydrogens (primary N) is 1. The molecule has 1 heterocycles. The highest BCUT2D eigenvalue weighted by Gasteiger charge is 2.33. The van der Waals surface area contributed by atoms with Crippen molar-refractivity contribution in [2.75, 3.05) is 31.6 Å². The van der Waals surface area contributed by atoms with E-state index in [0.717, 1.165) is 17.1 Å². The van der Waals surface area contributed by atoms with Crippen LogP contribution < -0.4 is 27.0 Å². The molecule has 1 aromatic rings. The van der Waals surface area contributed by atoms with Gasteiger partial charge in [0.25, 0.3) is 11.8 Å². The van der Waals surface area contributed by atoms with Crippen LogP contribution in [0, 0.1) is 5.92 Å². The van der Waals surface area contributed by atoms with Crippen LogP contribution in [-0.2, 0) is 44.8 Å². The van der Waals surface area contributed by atoms with Crippen LogP contribution in [0.5, 0.6) is 0 Å². The number of benzene rings is 1. The molecule has 1 aromatic carbocycles. The lowest BCUT2D eigenvalue weighted by atomic mass is 9.96. The second-order valence-electron chi connectivity index (χ2n) is 11.6. The summed E-state index contributed by atoms with van der Waals surface area (Å²) in [6.07, 6.45) is 1.25. The smallest absolute Gasteiger partial charge is 0.450 e. The van der Waals surface area contributed by atoms with Crippen LogP contribution in [-0.4, -0.2) is 95.5 Å². The number of hydrogen-bond donors (Lipinski definition) is 6. The highest BCUT2D eigenvalue weighted by Crippen LogP contribution is 2.12. The minimum Gasteiger partial charge on any atom is -0.450 e. The Balaban J connectivity index is 1.70. The Morgan fingerprint density at radius 1 is 0.979 bits per heavy atom. The number of carbonyl (C=O) groups excluding carboxylic acids is 6. The normalized spacial score (nSPS) is 15.1. The van der Waals surface area contributed by atoms with Gasteiger partial charge in [-0.2, -0.15) is 0 Å². The van der Waals surface area contributed by atoms with Crippen molar-refractivity contribution >= 4 is 47.3 Å². The fourth-order valence-corrected chi connectivity index (χ4v) is 4.19. The molecule has 2 rings (SSSR count). The standard InChI is InChI=1S/C31H44N6O10/c1-19(2)27(28(42)34-17-24(39)35-22-7-5-21(6-8-22)18-47-30(44)45)36-29(43)31(4,32)13-16-46-20(3)11-14-33-23(38)12-15-37-25(40)9-10-26(37)41/h5-10,19-20,27H,11-18,32H2,1-4H3,(H,33,38)(H,34,42)(H,35,39)(H,36,43)(H,44,45). The van der Waals surface area contributed by atoms with E-state index in [2.05, 4.69) is 26.0 Å². The van der Waals surface area contributed by atoms with Crippen molar-refractivity contribution in [3.05, 3.63) is 42.0 Å². The van der Waals surface area contributed by atoms with E-state index in [1.165, 1.54) is 6.92 Å². The van der Waals surface area contributed by atoms with Crippen LogP contribution in [0.15, 0.2) is 36.4 Å². The number of nitrogens with zero attached hydrogens (tertiary/aromatic N) is 1. The van der Waals surface area contributed by atoms with Crippen molar-refractivity contribution in [1.29, 1.82) is 0 Å². The number of carboxylic acid groups (broad SMARTS) is 1. The van der Waals surface area contributed by atoms with Gasteiger partial charge in [0.1, 0.15) is 12.6 Å². The summed E-state index contributed by atoms with van der Waals surface area (Å²) >= 11 is 0. The van der Waals surface area contributed by atoms with Gasteiger partial charge < -0.3 is 41.6 Å². The van der Waals surface area contributed by atoms with Gasteiger partial charge in [0, 0.05) is 44.0 Å². The van der Waals surface area contributed by atoms with Gasteiger partial charge in [0.2, 0.25) is 23.6 Å². The molecule has 0 aromatic heterocycles. The number of rotatable bonds is 19. The lowest BCUT2D eigenvalue weighted by Gasteiger charge is -2.29. The van der Waals surface area contributed by atoms with Crippen molar-refractivity contribution < 1.29 is 48.1 Å². The molecule has 0 spiro atoms. The summed E-state index contributed by atoms with van der Waals surface area (Å²) in [7, 11) is 0. The maximum Gasteiger partial charge on any atom is 0.506 e. The van der Waals surface area contributed by atoms with Crippen LogP contribution in [0.25, 0.3) is 0 Å². The zero-order valence-electron chi connectivity index (χ0n) is 27.0. The third kappa shape index (κ3) is 13.6. The third-order valence-corrected chi connectivity index (χ3v) is 7.14. The number of amides is 6. The van der Waals surface area contributed by atoms with E-state index in [-0.39, 0.29) is 57.1 Å². The van der Waals surface area contributed by atoms with Gasteiger partial charge in [0.05, 0.1) is 18.2 Å². The molecule has 0 saturated carbocycles. The Kier molecular flexibility index (Phi) is 15.0. The van der Waals surface area contributed by atoms with E-state index >= 15 is 0 Å². The topological polar surface area (TPSA) is 236 Å². The van der Waals surface area contributed by atoms with Crippen molar-refractivity contribution in [2.45, 2.75) is 71.2 Å². The molecule has 258 valence electrons. The van der Waals surface area contributed by atoms with Crippen LogP contribution in [0.3, 0.4) is 0 Å². The van der Waals surface area contributed by atoms with Gasteiger partial charge in [-0.15, -0.1) is 0 Å². The van der Waals surface area contributed by atoms with Gasteiger partial charge in [0.15, 0.2) is 0 Å². The first kappa shape index (κ1) is 38.4. The van der Waals surface area contributed by atoms with E-state index in [1.54, 1.807) is 45.0 Å². The quantitative estimate of drug-likeness (QED) is 0.0878. The number of ether oxygens (including phenoxy) is 2. The maximum absolute atomic E-state index is 13.0. The Labute approximate surface area is 272 Å². The van der Waals surface area contributed by atoms with Gasteiger partial charge in [-0.1, -0.05) is 26.0 Å². The zero-order valence-corrected chi connectivity index (χ0v) is 27.0. The fourth-order valence-electron chi connectivity index (χ4n) is 4.19. The molecule has 3 atom stereocenters. The number of nitrogens with one attached hydrogen (secondary N) is 4. The molecule has 0 fully saturated rings. The van der Waals surface area contributed by atoms with Crippen LogP contribution in [0.2, 0.25) is 0 Å². The second kappa shape index (κ2) is 18.3. The molecule has 0 saturated heterocycles. The SMILES string of the molecule is CC(CCNC(=O)CCN1C(=O)C=CC1=O)OCCC(C)(N)C(=O)NC(C(=O)NCC(=O)Nc1ccc(COC(=O)O)cc1)C(C)C. The maximum atomic E-state index is 13.0. The summed E-state index contributed by atoms with van der Waals surface area (Å²) in [6, 6.07) is 5.34. The predicted octanol–water partition coefficient (Wildman–Crippen LogP) is 0.411. The van der Waals surface area contributed by atoms with Crippen molar-refractivity contribution in [3.63, 3.8) is 0 Å². The monoisotopic (exact) mass is 660 g/mol. The number of carbonyl (C=O) groups is 7. The van der Waals surface area contributed by atoms with Crippen LogP contribution >= 0.6 is 0 Å². The zero-order chi connectivity index (χ0) is 35.1. The molecule has 0 bridgehead atoms. The third-order valence-electron chi connectivity index (χ3n) is 7.14. The molecular weight excluding hydrogens is 616 g/mol. The number of imide groups is 1. The molecule has 16 nitrogen and oxygen atoms in total. The van der Waals surface area contributed by atoms with Gasteiger partial charge in [-0.3, -0.25) is 33.7 Å². The molecule has 16 heteroatoms. The molecule has 0 aliphatic carbocycles. The molecule has 1 aliphatic rings. The number of hydrogen-bond acceptors (Lipinski definition) is 10. The molecule has 47 heavy (non-hydrogen) atoms. The van der Waals surface area contributed by atoms with E-state index in [0.29, 0.717) is 24.2 Å². The van der Waals surface area contributed by atoms with Gasteiger partial charge in [-0.25, -0.2) is 4.79 Å². The van der Waals surface area contributed by atoms with E-state index < -0.39 is 47.3 Å². The molecule has 7 N–H and O–H groups in total. The minimum atomic E-state index is -1.40. The summed E-state index contributed by atoms with van der Waals surface area (Å²) in [5, 5.41) is 19.1. The first-order chi connectivity index (χ1) is 22.1. The molecule has 0 radical (unpaired) electrons. The Morgan fingerprint density at radius 3 is 2.21 bits per heavy atom. The Bertz CT molecular complexity index is 1310. The van der Waals surface area contributed by atoms with Crippen molar-refractivity contribution in [1.82, 2.24) is 20.9 Å². The van der Waals surface area contributed by atoms with Crippen LogP contribution in [0.4, 0.5) is 10.5 Å². The fraction of sp³-hybridized carbons (Fsp3) is 0.516. The first-order valence-electron chi connectivity index (χ1n) is 15.1. The Morgan fingerprint density at radius 2 is 1.62 bits per heavy atom. The molecule has 6 amide bonds. The summed E-state index contributed by atoms with van der Waals surface area (Å²) in [5.41, 5.74) is 5.90. The summed E-state index contributed by atoms with van der Waals surface area (Å²) in [5.74, 6) is -3.16. The van der Waals surface area contributed by atoms with E-state index in [9.17, 15) is 33.6 Å². The van der Waals surface area contributed by atoms with Gasteiger partial charge in [-0.05, 0) is 50.3 Å². The molecule has 1 aliphatic heterocycles. The summed E-state index contributed by atoms with van der Waals surface area (Å²) in [4.78, 5) is 84.9. The van der Waals surface area contributed by atoms with E-state index in [1.807, 2.05) is 0 Å². The average molecular weight is 661 g/mol. The largest absolute Gasteiger partial charge is 0.506 e. The number of anilines is 1. The highest BCUT2D eigenvalue weighted by atomic mass is 16.7. The van der Waals surface area contributed by atoms with Gasteiger partial charge >= 0.3 is 6.16 Å². The predicted molar refractivity (Wildman–Crippen MR) is 168 cm³/mol.